The summed E-state index contributed by atoms with van der Waals surface area (Å²) in [5.74, 6) is -0.306. The van der Waals surface area contributed by atoms with E-state index < -0.39 is 0 Å². The molecule has 3 aromatic heterocycles. The molecule has 0 aromatic carbocycles. The Balaban J connectivity index is 2.08. The van der Waals surface area contributed by atoms with Crippen LogP contribution in [0.3, 0.4) is 0 Å². The molecule has 0 unspecified atom stereocenters. The highest BCUT2D eigenvalue weighted by atomic mass is 16.3. The molecule has 2 N–H and O–H groups in total. The highest BCUT2D eigenvalue weighted by molar-refractivity contribution is 5.99. The predicted octanol–water partition coefficient (Wildman–Crippen LogP) is 0.643. The first-order chi connectivity index (χ1) is 11.2. The van der Waals surface area contributed by atoms with Crippen LogP contribution in [0.2, 0.25) is 0 Å². The number of hydrogen-bond donors (Lipinski definition) is 2. The first-order valence-electron chi connectivity index (χ1n) is 7.42. The van der Waals surface area contributed by atoms with Gasteiger partial charge in [0.05, 0.1) is 24.2 Å². The Bertz CT molecular complexity index is 851. The number of carbonyl (C=O) groups excluding carboxylic acids is 1. The number of amides is 1. The van der Waals surface area contributed by atoms with Gasteiger partial charge in [0.25, 0.3) is 5.91 Å². The van der Waals surface area contributed by atoms with E-state index in [4.69, 9.17) is 5.11 Å². The smallest absolute Gasteiger partial charge is 0.256 e. The minimum absolute atomic E-state index is 0.112. The molecule has 3 heterocycles. The highest BCUT2D eigenvalue weighted by Crippen LogP contribution is 2.23. The Morgan fingerprint density at radius 2 is 2.26 bits per heavy atom. The van der Waals surface area contributed by atoms with Gasteiger partial charge in [-0.2, -0.15) is 10.2 Å². The van der Waals surface area contributed by atoms with Crippen molar-refractivity contribution in [2.45, 2.75) is 20.4 Å². The second kappa shape index (κ2) is 6.17. The van der Waals surface area contributed by atoms with Crippen molar-refractivity contribution in [3.8, 4) is 11.3 Å². The standard InChI is InChI=1S/C15H18N6O2/c1-3-20-9-12(10(2)19-20)13-4-5-16-14-11(8-18-21(13)14)15(23)17-6-7-22/h4-5,8-9,22H,3,6-7H2,1-2H3,(H,17,23). The van der Waals surface area contributed by atoms with Crippen molar-refractivity contribution < 1.29 is 9.90 Å². The van der Waals surface area contributed by atoms with Gasteiger partial charge in [-0.3, -0.25) is 9.48 Å². The lowest BCUT2D eigenvalue weighted by molar-refractivity contribution is 0.0946. The van der Waals surface area contributed by atoms with Crippen molar-refractivity contribution >= 4 is 11.6 Å². The second-order valence-corrected chi connectivity index (χ2v) is 5.09. The summed E-state index contributed by atoms with van der Waals surface area (Å²) in [6, 6.07) is 1.85. The Morgan fingerprint density at radius 3 is 2.96 bits per heavy atom. The molecule has 0 fully saturated rings. The number of rotatable bonds is 5. The molecule has 0 saturated carbocycles. The van der Waals surface area contributed by atoms with Gasteiger partial charge in [-0.05, 0) is 19.9 Å². The SMILES string of the molecule is CCn1cc(-c2ccnc3c(C(=O)NCCO)cnn23)c(C)n1. The molecule has 0 radical (unpaired) electrons. The van der Waals surface area contributed by atoms with Gasteiger partial charge in [0, 0.05) is 31.0 Å². The molecule has 0 aliphatic heterocycles. The maximum absolute atomic E-state index is 12.1. The zero-order valence-electron chi connectivity index (χ0n) is 13.0. The molecule has 0 bridgehead atoms. The summed E-state index contributed by atoms with van der Waals surface area (Å²) in [5.41, 5.74) is 3.52. The quantitative estimate of drug-likeness (QED) is 0.720. The lowest BCUT2D eigenvalue weighted by Crippen LogP contribution is -2.26. The number of aliphatic hydroxyl groups is 1. The molecule has 0 aliphatic rings. The summed E-state index contributed by atoms with van der Waals surface area (Å²) in [6.07, 6.45) is 5.09. The Kier molecular flexibility index (Phi) is 4.07. The number of aryl methyl sites for hydroxylation is 2. The summed E-state index contributed by atoms with van der Waals surface area (Å²) in [6.45, 7) is 4.82. The normalized spacial score (nSPS) is 11.1. The highest BCUT2D eigenvalue weighted by Gasteiger charge is 2.17. The van der Waals surface area contributed by atoms with E-state index >= 15 is 0 Å². The van der Waals surface area contributed by atoms with Crippen LogP contribution in [0.15, 0.2) is 24.7 Å². The summed E-state index contributed by atoms with van der Waals surface area (Å²) in [4.78, 5) is 16.4. The van der Waals surface area contributed by atoms with Crippen LogP contribution in [0.5, 0.6) is 0 Å². The van der Waals surface area contributed by atoms with Crippen molar-refractivity contribution in [1.29, 1.82) is 0 Å². The van der Waals surface area contributed by atoms with E-state index in [0.29, 0.717) is 11.2 Å². The third-order valence-corrected chi connectivity index (χ3v) is 3.59. The third kappa shape index (κ3) is 2.68. The van der Waals surface area contributed by atoms with Crippen LogP contribution >= 0.6 is 0 Å². The van der Waals surface area contributed by atoms with Crippen LogP contribution < -0.4 is 5.32 Å². The van der Waals surface area contributed by atoms with Gasteiger partial charge >= 0.3 is 0 Å². The molecular weight excluding hydrogens is 296 g/mol. The Hall–Kier alpha value is -2.74. The van der Waals surface area contributed by atoms with Gasteiger partial charge in [-0.25, -0.2) is 9.50 Å². The zero-order chi connectivity index (χ0) is 16.4. The monoisotopic (exact) mass is 314 g/mol. The molecule has 3 rings (SSSR count). The van der Waals surface area contributed by atoms with E-state index in [9.17, 15) is 4.79 Å². The molecule has 120 valence electrons. The van der Waals surface area contributed by atoms with Crippen LogP contribution in [-0.4, -0.2) is 48.5 Å². The third-order valence-electron chi connectivity index (χ3n) is 3.59. The maximum atomic E-state index is 12.1. The molecule has 23 heavy (non-hydrogen) atoms. The van der Waals surface area contributed by atoms with Gasteiger partial charge < -0.3 is 10.4 Å². The number of aromatic nitrogens is 5. The minimum atomic E-state index is -0.306. The summed E-state index contributed by atoms with van der Waals surface area (Å²) >= 11 is 0. The molecule has 8 heteroatoms. The summed E-state index contributed by atoms with van der Waals surface area (Å²) in [7, 11) is 0. The number of nitrogens with zero attached hydrogens (tertiary/aromatic N) is 5. The molecule has 8 nitrogen and oxygen atoms in total. The zero-order valence-corrected chi connectivity index (χ0v) is 13.0. The second-order valence-electron chi connectivity index (χ2n) is 5.09. The van der Waals surface area contributed by atoms with Crippen LogP contribution in [-0.2, 0) is 6.54 Å². The van der Waals surface area contributed by atoms with Crippen LogP contribution in [0.4, 0.5) is 0 Å². The van der Waals surface area contributed by atoms with E-state index in [1.807, 2.05) is 30.8 Å². The van der Waals surface area contributed by atoms with Crippen molar-refractivity contribution in [1.82, 2.24) is 29.7 Å². The molecule has 0 atom stereocenters. The molecule has 0 spiro atoms. The first kappa shape index (κ1) is 15.2. The molecule has 1 amide bonds. The van der Waals surface area contributed by atoms with Crippen molar-refractivity contribution in [2.75, 3.05) is 13.2 Å². The summed E-state index contributed by atoms with van der Waals surface area (Å²) in [5, 5.41) is 20.2. The predicted molar refractivity (Wildman–Crippen MR) is 84.0 cm³/mol. The number of nitrogens with one attached hydrogen (secondary N) is 1. The van der Waals surface area contributed by atoms with Gasteiger partial charge in [-0.15, -0.1) is 0 Å². The van der Waals surface area contributed by atoms with E-state index in [1.54, 1.807) is 10.7 Å². The van der Waals surface area contributed by atoms with E-state index in [1.165, 1.54) is 6.20 Å². The fraction of sp³-hybridized carbons (Fsp3) is 0.333. The van der Waals surface area contributed by atoms with Crippen molar-refractivity contribution in [2.24, 2.45) is 0 Å². The van der Waals surface area contributed by atoms with Crippen molar-refractivity contribution in [3.05, 3.63) is 35.9 Å². The van der Waals surface area contributed by atoms with Gasteiger partial charge in [0.1, 0.15) is 5.56 Å². The van der Waals surface area contributed by atoms with Crippen molar-refractivity contribution in [3.63, 3.8) is 0 Å². The molecular formula is C15H18N6O2. The first-order valence-corrected chi connectivity index (χ1v) is 7.42. The average molecular weight is 314 g/mol. The Morgan fingerprint density at radius 1 is 1.43 bits per heavy atom. The van der Waals surface area contributed by atoms with Gasteiger partial charge in [0.2, 0.25) is 0 Å². The summed E-state index contributed by atoms with van der Waals surface area (Å²) < 4.78 is 3.49. The largest absolute Gasteiger partial charge is 0.395 e. The van der Waals surface area contributed by atoms with E-state index in [-0.39, 0.29) is 19.1 Å². The maximum Gasteiger partial charge on any atom is 0.256 e. The average Bonchev–Trinajstić information content (AvgIpc) is 3.15. The van der Waals surface area contributed by atoms with Gasteiger partial charge in [-0.1, -0.05) is 0 Å². The lowest BCUT2D eigenvalue weighted by Gasteiger charge is -2.04. The number of carbonyl (C=O) groups is 1. The molecule has 0 saturated heterocycles. The molecule has 3 aromatic rings. The van der Waals surface area contributed by atoms with Crippen LogP contribution in [0, 0.1) is 6.92 Å². The fourth-order valence-corrected chi connectivity index (χ4v) is 2.45. The topological polar surface area (TPSA) is 97.3 Å². The van der Waals surface area contributed by atoms with E-state index in [2.05, 4.69) is 20.5 Å². The fourth-order valence-electron chi connectivity index (χ4n) is 2.45. The lowest BCUT2D eigenvalue weighted by atomic mass is 10.2. The molecule has 0 aliphatic carbocycles. The van der Waals surface area contributed by atoms with Gasteiger partial charge in [0.15, 0.2) is 5.65 Å². The van der Waals surface area contributed by atoms with Crippen LogP contribution in [0.1, 0.15) is 23.0 Å². The minimum Gasteiger partial charge on any atom is -0.395 e. The number of hydrogen-bond acceptors (Lipinski definition) is 5. The number of fused-ring (bicyclic) bond motifs is 1. The number of aliphatic hydroxyl groups excluding tert-OH is 1. The Labute approximate surface area is 132 Å². The van der Waals surface area contributed by atoms with E-state index in [0.717, 1.165) is 23.5 Å². The van der Waals surface area contributed by atoms with Crippen LogP contribution in [0.25, 0.3) is 16.9 Å².